The number of aliphatic hydroxyl groups is 1. The summed E-state index contributed by atoms with van der Waals surface area (Å²) in [6, 6.07) is 7.77. The van der Waals surface area contributed by atoms with Crippen molar-refractivity contribution in [2.45, 2.75) is 25.9 Å². The molecule has 4 heteroatoms. The molecule has 1 aliphatic rings. The summed E-state index contributed by atoms with van der Waals surface area (Å²) in [5.41, 5.74) is 1.99. The fourth-order valence-electron chi connectivity index (χ4n) is 2.24. The van der Waals surface area contributed by atoms with E-state index < -0.39 is 6.10 Å². The van der Waals surface area contributed by atoms with E-state index in [9.17, 15) is 9.90 Å². The SMILES string of the molecule is CCCNCC(O)CN1C(=O)Cc2ccccc21. The van der Waals surface area contributed by atoms with Gasteiger partial charge < -0.3 is 15.3 Å². The molecule has 2 rings (SSSR count). The van der Waals surface area contributed by atoms with Gasteiger partial charge in [0.25, 0.3) is 0 Å². The second-order valence-electron chi connectivity index (χ2n) is 4.67. The summed E-state index contributed by atoms with van der Waals surface area (Å²) in [6.45, 7) is 3.87. The van der Waals surface area contributed by atoms with E-state index in [-0.39, 0.29) is 5.91 Å². The molecule has 0 spiro atoms. The van der Waals surface area contributed by atoms with E-state index in [0.29, 0.717) is 19.5 Å². The van der Waals surface area contributed by atoms with Gasteiger partial charge in [-0.25, -0.2) is 0 Å². The summed E-state index contributed by atoms with van der Waals surface area (Å²) < 4.78 is 0. The van der Waals surface area contributed by atoms with Crippen LogP contribution in [0.1, 0.15) is 18.9 Å². The Balaban J connectivity index is 1.95. The quantitative estimate of drug-likeness (QED) is 0.737. The number of nitrogens with zero attached hydrogens (tertiary/aromatic N) is 1. The number of carbonyl (C=O) groups is 1. The Labute approximate surface area is 108 Å². The maximum absolute atomic E-state index is 11.9. The van der Waals surface area contributed by atoms with Gasteiger partial charge in [-0.05, 0) is 24.6 Å². The van der Waals surface area contributed by atoms with Gasteiger partial charge >= 0.3 is 0 Å². The Morgan fingerprint density at radius 3 is 3.00 bits per heavy atom. The summed E-state index contributed by atoms with van der Waals surface area (Å²) >= 11 is 0. The van der Waals surface area contributed by atoms with E-state index in [1.165, 1.54) is 0 Å². The zero-order chi connectivity index (χ0) is 13.0. The monoisotopic (exact) mass is 248 g/mol. The molecule has 1 aromatic carbocycles. The Bertz CT molecular complexity index is 420. The molecule has 0 bridgehead atoms. The van der Waals surface area contributed by atoms with Crippen LogP contribution < -0.4 is 10.2 Å². The number of hydrogen-bond acceptors (Lipinski definition) is 3. The fourth-order valence-corrected chi connectivity index (χ4v) is 2.24. The predicted molar refractivity (Wildman–Crippen MR) is 71.7 cm³/mol. The fraction of sp³-hybridized carbons (Fsp3) is 0.500. The maximum Gasteiger partial charge on any atom is 0.231 e. The van der Waals surface area contributed by atoms with Gasteiger partial charge in [0, 0.05) is 12.2 Å². The molecule has 4 nitrogen and oxygen atoms in total. The molecule has 18 heavy (non-hydrogen) atoms. The minimum absolute atomic E-state index is 0.0748. The molecule has 0 radical (unpaired) electrons. The molecule has 0 aromatic heterocycles. The standard InChI is InChI=1S/C14H20N2O2/c1-2-7-15-9-12(17)10-16-13-6-4-3-5-11(13)8-14(16)18/h3-6,12,15,17H,2,7-10H2,1H3. The molecule has 0 fully saturated rings. The smallest absolute Gasteiger partial charge is 0.231 e. The van der Waals surface area contributed by atoms with Crippen LogP contribution in [-0.4, -0.2) is 36.8 Å². The van der Waals surface area contributed by atoms with Crippen LogP contribution in [0.2, 0.25) is 0 Å². The van der Waals surface area contributed by atoms with Crippen LogP contribution in [-0.2, 0) is 11.2 Å². The molecular formula is C14H20N2O2. The van der Waals surface area contributed by atoms with Crippen molar-refractivity contribution in [3.63, 3.8) is 0 Å². The third kappa shape index (κ3) is 2.89. The van der Waals surface area contributed by atoms with Crippen LogP contribution >= 0.6 is 0 Å². The number of hydrogen-bond donors (Lipinski definition) is 2. The van der Waals surface area contributed by atoms with Crippen LogP contribution in [0.15, 0.2) is 24.3 Å². The van der Waals surface area contributed by atoms with Crippen LogP contribution in [0.5, 0.6) is 0 Å². The largest absolute Gasteiger partial charge is 0.390 e. The first kappa shape index (κ1) is 13.1. The molecule has 1 aliphatic heterocycles. The number of β-amino-alcohol motifs (C(OH)–C–C–N with tert-alkyl or cyclic N) is 1. The van der Waals surface area contributed by atoms with Crippen LogP contribution in [0.3, 0.4) is 0 Å². The third-order valence-electron chi connectivity index (χ3n) is 3.13. The normalized spacial score (nSPS) is 15.9. The predicted octanol–water partition coefficient (Wildman–Crippen LogP) is 0.936. The lowest BCUT2D eigenvalue weighted by Crippen LogP contribution is -2.40. The number of carbonyl (C=O) groups excluding carboxylic acids is 1. The first-order valence-corrected chi connectivity index (χ1v) is 6.49. The van der Waals surface area contributed by atoms with Crippen molar-refractivity contribution < 1.29 is 9.90 Å². The minimum atomic E-state index is -0.522. The molecule has 2 N–H and O–H groups in total. The van der Waals surface area contributed by atoms with Crippen molar-refractivity contribution in [2.75, 3.05) is 24.5 Å². The second kappa shape index (κ2) is 5.98. The van der Waals surface area contributed by atoms with Crippen molar-refractivity contribution in [3.8, 4) is 0 Å². The Morgan fingerprint density at radius 2 is 2.22 bits per heavy atom. The Hall–Kier alpha value is -1.39. The lowest BCUT2D eigenvalue weighted by Gasteiger charge is -2.21. The van der Waals surface area contributed by atoms with Crippen LogP contribution in [0, 0.1) is 0 Å². The minimum Gasteiger partial charge on any atom is -0.390 e. The van der Waals surface area contributed by atoms with Crippen molar-refractivity contribution >= 4 is 11.6 Å². The van der Waals surface area contributed by atoms with Gasteiger partial charge in [-0.1, -0.05) is 25.1 Å². The maximum atomic E-state index is 11.9. The molecule has 98 valence electrons. The highest BCUT2D eigenvalue weighted by molar-refractivity contribution is 6.01. The lowest BCUT2D eigenvalue weighted by atomic mass is 10.2. The molecule has 1 atom stereocenters. The summed E-state index contributed by atoms with van der Waals surface area (Å²) in [6.07, 6.45) is 0.968. The number of anilines is 1. The summed E-state index contributed by atoms with van der Waals surface area (Å²) in [5.74, 6) is 0.0748. The van der Waals surface area contributed by atoms with Crippen molar-refractivity contribution in [1.82, 2.24) is 5.32 Å². The lowest BCUT2D eigenvalue weighted by molar-refractivity contribution is -0.117. The summed E-state index contributed by atoms with van der Waals surface area (Å²) in [7, 11) is 0. The van der Waals surface area contributed by atoms with E-state index in [1.807, 2.05) is 24.3 Å². The molecule has 0 aliphatic carbocycles. The zero-order valence-electron chi connectivity index (χ0n) is 10.7. The highest BCUT2D eigenvalue weighted by atomic mass is 16.3. The topological polar surface area (TPSA) is 52.6 Å². The molecule has 1 unspecified atom stereocenters. The molecule has 0 saturated heterocycles. The Morgan fingerprint density at radius 1 is 1.44 bits per heavy atom. The van der Waals surface area contributed by atoms with Crippen LogP contribution in [0.25, 0.3) is 0 Å². The average Bonchev–Trinajstić information content (AvgIpc) is 2.67. The van der Waals surface area contributed by atoms with Gasteiger partial charge in [0.05, 0.1) is 19.1 Å². The number of nitrogens with one attached hydrogen (secondary N) is 1. The van der Waals surface area contributed by atoms with Crippen molar-refractivity contribution in [1.29, 1.82) is 0 Å². The van der Waals surface area contributed by atoms with Crippen LogP contribution in [0.4, 0.5) is 5.69 Å². The average molecular weight is 248 g/mol. The number of fused-ring (bicyclic) bond motifs is 1. The van der Waals surface area contributed by atoms with Gasteiger partial charge in [0.1, 0.15) is 0 Å². The van der Waals surface area contributed by atoms with Gasteiger partial charge in [0.15, 0.2) is 0 Å². The molecular weight excluding hydrogens is 228 g/mol. The second-order valence-corrected chi connectivity index (χ2v) is 4.67. The number of para-hydroxylation sites is 1. The van der Waals surface area contributed by atoms with Gasteiger partial charge in [0.2, 0.25) is 5.91 Å². The number of rotatable bonds is 6. The highest BCUT2D eigenvalue weighted by Gasteiger charge is 2.27. The Kier molecular flexibility index (Phi) is 4.33. The molecule has 0 saturated carbocycles. The van der Waals surface area contributed by atoms with Gasteiger partial charge in [-0.2, -0.15) is 0 Å². The summed E-state index contributed by atoms with van der Waals surface area (Å²) in [5, 5.41) is 13.1. The van der Waals surface area contributed by atoms with Gasteiger partial charge in [-0.15, -0.1) is 0 Å². The molecule has 1 amide bonds. The highest BCUT2D eigenvalue weighted by Crippen LogP contribution is 2.28. The zero-order valence-corrected chi connectivity index (χ0v) is 10.7. The van der Waals surface area contributed by atoms with Crippen molar-refractivity contribution in [2.24, 2.45) is 0 Å². The number of benzene rings is 1. The first-order valence-electron chi connectivity index (χ1n) is 6.49. The van der Waals surface area contributed by atoms with E-state index in [2.05, 4.69) is 12.2 Å². The number of aliphatic hydroxyl groups excluding tert-OH is 1. The molecule has 1 aromatic rings. The summed E-state index contributed by atoms with van der Waals surface area (Å²) in [4.78, 5) is 13.6. The van der Waals surface area contributed by atoms with Crippen molar-refractivity contribution in [3.05, 3.63) is 29.8 Å². The van der Waals surface area contributed by atoms with E-state index in [1.54, 1.807) is 4.90 Å². The van der Waals surface area contributed by atoms with E-state index in [0.717, 1.165) is 24.2 Å². The third-order valence-corrected chi connectivity index (χ3v) is 3.13. The van der Waals surface area contributed by atoms with E-state index in [4.69, 9.17) is 0 Å². The van der Waals surface area contributed by atoms with Gasteiger partial charge in [-0.3, -0.25) is 4.79 Å². The molecule has 1 heterocycles. The van der Waals surface area contributed by atoms with E-state index >= 15 is 0 Å². The first-order chi connectivity index (χ1) is 8.72. The number of amides is 1.